The van der Waals surface area contributed by atoms with Crippen molar-refractivity contribution in [2.45, 2.75) is 19.0 Å². The molecule has 1 aromatic heterocycles. The number of aromatic nitrogens is 2. The van der Waals surface area contributed by atoms with Crippen molar-refractivity contribution in [2.75, 3.05) is 68.2 Å². The Morgan fingerprint density at radius 3 is 2.66 bits per heavy atom. The van der Waals surface area contributed by atoms with Crippen molar-refractivity contribution >= 4 is 58.8 Å². The molecule has 3 aliphatic heterocycles. The van der Waals surface area contributed by atoms with Crippen LogP contribution in [0.4, 0.5) is 33.2 Å². The minimum atomic E-state index is -2.56. The fourth-order valence-electron chi connectivity index (χ4n) is 5.63. The van der Waals surface area contributed by atoms with Gasteiger partial charge < -0.3 is 29.7 Å². The molecule has 0 saturated carbocycles. The van der Waals surface area contributed by atoms with Crippen LogP contribution < -0.4 is 25.6 Å². The molecule has 2 fully saturated rings. The highest BCUT2D eigenvalue weighted by molar-refractivity contribution is 7.70. The summed E-state index contributed by atoms with van der Waals surface area (Å²) in [6.07, 6.45) is 1.45. The SMILES string of the molecule is CC(=O)N1CC(N2CCN3c4c(F)cc(Nc5ncc(Cl)c(Nc6ccccc6P(C)(C)=O)n5)cc4OC[C@H]3C2)C1. The molecular weight excluding hydrogens is 568 g/mol. The summed E-state index contributed by atoms with van der Waals surface area (Å²) < 4.78 is 34.4. The van der Waals surface area contributed by atoms with Crippen molar-refractivity contribution < 1.29 is 18.5 Å². The topological polar surface area (TPSA) is 103 Å². The van der Waals surface area contributed by atoms with Crippen LogP contribution in [0.5, 0.6) is 5.75 Å². The second-order valence-corrected chi connectivity index (χ2v) is 14.6. The summed E-state index contributed by atoms with van der Waals surface area (Å²) in [6, 6.07) is 10.9. The molecule has 0 radical (unpaired) electrons. The number of anilines is 5. The molecule has 13 heteroatoms. The van der Waals surface area contributed by atoms with Gasteiger partial charge in [-0.2, -0.15) is 4.98 Å². The van der Waals surface area contributed by atoms with E-state index in [9.17, 15) is 9.36 Å². The molecule has 4 heterocycles. The van der Waals surface area contributed by atoms with Crippen molar-refractivity contribution in [3.05, 3.63) is 53.4 Å². The number of halogens is 2. The summed E-state index contributed by atoms with van der Waals surface area (Å²) in [4.78, 5) is 26.6. The molecule has 3 aliphatic rings. The first-order valence-electron chi connectivity index (χ1n) is 13.5. The van der Waals surface area contributed by atoms with Crippen molar-refractivity contribution in [1.82, 2.24) is 19.8 Å². The van der Waals surface area contributed by atoms with Crippen LogP contribution in [0.1, 0.15) is 6.92 Å². The number of nitrogens with one attached hydrogen (secondary N) is 2. The van der Waals surface area contributed by atoms with Gasteiger partial charge in [-0.05, 0) is 31.5 Å². The van der Waals surface area contributed by atoms with E-state index in [0.717, 1.165) is 26.2 Å². The van der Waals surface area contributed by atoms with E-state index in [1.807, 2.05) is 29.2 Å². The van der Waals surface area contributed by atoms with Gasteiger partial charge in [0.2, 0.25) is 11.9 Å². The third-order valence-electron chi connectivity index (χ3n) is 7.82. The van der Waals surface area contributed by atoms with Crippen LogP contribution in [-0.4, -0.2) is 90.4 Å². The Balaban J connectivity index is 1.17. The van der Waals surface area contributed by atoms with Crippen LogP contribution in [0, 0.1) is 5.82 Å². The Morgan fingerprint density at radius 1 is 1.12 bits per heavy atom. The van der Waals surface area contributed by atoms with Crippen molar-refractivity contribution in [1.29, 1.82) is 0 Å². The average Bonchev–Trinajstić information content (AvgIpc) is 2.89. The van der Waals surface area contributed by atoms with Gasteiger partial charge in [0.15, 0.2) is 11.6 Å². The molecule has 1 amide bonds. The number of likely N-dealkylation sites (tertiary alicyclic amines) is 1. The van der Waals surface area contributed by atoms with Gasteiger partial charge in [0.25, 0.3) is 0 Å². The van der Waals surface area contributed by atoms with Crippen LogP contribution >= 0.6 is 18.7 Å². The first kappa shape index (κ1) is 27.8. The third kappa shape index (κ3) is 5.58. The number of hydrogen-bond donors (Lipinski definition) is 2. The number of piperazine rings is 1. The van der Waals surface area contributed by atoms with Crippen LogP contribution in [0.25, 0.3) is 0 Å². The van der Waals surface area contributed by atoms with Crippen LogP contribution in [0.2, 0.25) is 5.02 Å². The first-order valence-corrected chi connectivity index (χ1v) is 16.5. The fraction of sp³-hybridized carbons (Fsp3) is 0.393. The van der Waals surface area contributed by atoms with E-state index in [2.05, 4.69) is 30.4 Å². The van der Waals surface area contributed by atoms with Crippen LogP contribution in [0.15, 0.2) is 42.6 Å². The molecule has 2 saturated heterocycles. The molecular formula is C28H32ClFN7O3P. The summed E-state index contributed by atoms with van der Waals surface area (Å²) in [5.74, 6) is 0.724. The second-order valence-electron chi connectivity index (χ2n) is 11.0. The predicted octanol–water partition coefficient (Wildman–Crippen LogP) is 4.12. The van der Waals surface area contributed by atoms with Crippen molar-refractivity contribution in [3.8, 4) is 5.75 Å². The van der Waals surface area contributed by atoms with E-state index in [0.29, 0.717) is 53.1 Å². The lowest BCUT2D eigenvalue weighted by atomic mass is 10.0. The molecule has 3 aromatic rings. The van der Waals surface area contributed by atoms with Crippen LogP contribution in [-0.2, 0) is 9.36 Å². The lowest BCUT2D eigenvalue weighted by Crippen LogP contribution is -2.67. The standard InChI is InChI=1S/C28H32ClFN7O3P/c1-17(38)36-13-19(14-36)35-8-9-37-20(15-35)16-40-24-11-18(10-22(30)26(24)37)32-28-31-12-21(29)27(34-28)33-23-6-4-5-7-25(23)41(2,3)39/h4-7,10-12,19-20H,8-9,13-16H2,1-3H3,(H2,31,32,33,34)/t20-/m1/s1. The van der Waals surface area contributed by atoms with Gasteiger partial charge in [-0.1, -0.05) is 23.7 Å². The summed E-state index contributed by atoms with van der Waals surface area (Å²) >= 11 is 6.37. The number of rotatable bonds is 6. The fourth-order valence-corrected chi connectivity index (χ4v) is 6.93. The highest BCUT2D eigenvalue weighted by Gasteiger charge is 2.40. The number of carbonyl (C=O) groups excluding carboxylic acids is 1. The average molecular weight is 600 g/mol. The predicted molar refractivity (Wildman–Crippen MR) is 160 cm³/mol. The second kappa shape index (κ2) is 10.8. The van der Waals surface area contributed by atoms with Gasteiger partial charge in [0.05, 0.1) is 17.9 Å². The minimum Gasteiger partial charge on any atom is -0.489 e. The van der Waals surface area contributed by atoms with Gasteiger partial charge in [-0.3, -0.25) is 9.69 Å². The number of hydrogen-bond acceptors (Lipinski definition) is 9. The number of amides is 1. The number of carbonyl (C=O) groups is 1. The summed E-state index contributed by atoms with van der Waals surface area (Å²) in [5, 5.41) is 7.20. The molecule has 0 bridgehead atoms. The van der Waals surface area contributed by atoms with Gasteiger partial charge in [0, 0.05) is 62.7 Å². The third-order valence-corrected chi connectivity index (χ3v) is 9.65. The van der Waals surface area contributed by atoms with E-state index in [1.54, 1.807) is 26.3 Å². The maximum Gasteiger partial charge on any atom is 0.229 e. The maximum absolute atomic E-state index is 15.5. The zero-order valence-corrected chi connectivity index (χ0v) is 24.8. The molecule has 0 aliphatic carbocycles. The van der Waals surface area contributed by atoms with E-state index in [1.165, 1.54) is 12.3 Å². The number of nitrogens with zero attached hydrogens (tertiary/aromatic N) is 5. The minimum absolute atomic E-state index is 0.0357. The normalized spacial score (nSPS) is 19.1. The van der Waals surface area contributed by atoms with Gasteiger partial charge >= 0.3 is 0 Å². The highest BCUT2D eigenvalue weighted by Crippen LogP contribution is 2.41. The van der Waals surface area contributed by atoms with E-state index >= 15 is 4.39 Å². The zero-order valence-electron chi connectivity index (χ0n) is 23.1. The van der Waals surface area contributed by atoms with Gasteiger partial charge in [0.1, 0.15) is 30.2 Å². The van der Waals surface area contributed by atoms with Crippen molar-refractivity contribution in [3.63, 3.8) is 0 Å². The Morgan fingerprint density at radius 2 is 1.90 bits per heavy atom. The molecule has 2 N–H and O–H groups in total. The molecule has 0 unspecified atom stereocenters. The molecule has 10 nitrogen and oxygen atoms in total. The molecule has 0 spiro atoms. The Hall–Kier alpha value is -3.40. The Labute approximate surface area is 243 Å². The van der Waals surface area contributed by atoms with E-state index in [4.69, 9.17) is 16.3 Å². The maximum atomic E-state index is 15.5. The van der Waals surface area contributed by atoms with E-state index in [-0.39, 0.29) is 22.9 Å². The molecule has 1 atom stereocenters. The monoisotopic (exact) mass is 599 g/mol. The molecule has 41 heavy (non-hydrogen) atoms. The number of fused-ring (bicyclic) bond motifs is 3. The zero-order chi connectivity index (χ0) is 28.9. The van der Waals surface area contributed by atoms with Crippen LogP contribution in [0.3, 0.4) is 0 Å². The van der Waals surface area contributed by atoms with Gasteiger partial charge in [-0.25, -0.2) is 9.37 Å². The largest absolute Gasteiger partial charge is 0.489 e. The first-order chi connectivity index (χ1) is 19.6. The van der Waals surface area contributed by atoms with Gasteiger partial charge in [-0.15, -0.1) is 0 Å². The summed E-state index contributed by atoms with van der Waals surface area (Å²) in [7, 11) is -2.56. The Kier molecular flexibility index (Phi) is 7.30. The lowest BCUT2D eigenvalue weighted by Gasteiger charge is -2.51. The quantitative estimate of drug-likeness (QED) is 0.405. The van der Waals surface area contributed by atoms with E-state index < -0.39 is 13.0 Å². The smallest absolute Gasteiger partial charge is 0.229 e. The number of ether oxygens (including phenoxy) is 1. The molecule has 216 valence electrons. The molecule has 2 aromatic carbocycles. The highest BCUT2D eigenvalue weighted by atomic mass is 35.5. The van der Waals surface area contributed by atoms with Crippen molar-refractivity contribution in [2.24, 2.45) is 0 Å². The summed E-state index contributed by atoms with van der Waals surface area (Å²) in [5.41, 5.74) is 1.55. The number of para-hydroxylation sites is 1. The summed E-state index contributed by atoms with van der Waals surface area (Å²) in [6.45, 7) is 9.18. The Bertz CT molecular complexity index is 1550. The lowest BCUT2D eigenvalue weighted by molar-refractivity contribution is -0.136. The molecule has 6 rings (SSSR count). The number of benzene rings is 2.